The van der Waals surface area contributed by atoms with Gasteiger partial charge in [0.1, 0.15) is 17.7 Å². The van der Waals surface area contributed by atoms with Crippen LogP contribution in [0.25, 0.3) is 11.0 Å². The van der Waals surface area contributed by atoms with Crippen molar-refractivity contribution in [3.8, 4) is 0 Å². The lowest BCUT2D eigenvalue weighted by molar-refractivity contribution is -0.132. The zero-order chi connectivity index (χ0) is 30.0. The van der Waals surface area contributed by atoms with E-state index in [4.69, 9.17) is 16.6 Å². The van der Waals surface area contributed by atoms with Crippen molar-refractivity contribution < 1.29 is 13.2 Å². The van der Waals surface area contributed by atoms with E-state index in [2.05, 4.69) is 48.0 Å². The monoisotopic (exact) mass is 612 g/mol. The maximum Gasteiger partial charge on any atom is 0.245 e. The van der Waals surface area contributed by atoms with Crippen molar-refractivity contribution in [1.82, 2.24) is 24.8 Å². The molecule has 1 amide bonds. The van der Waals surface area contributed by atoms with Gasteiger partial charge in [0.25, 0.3) is 0 Å². The van der Waals surface area contributed by atoms with Crippen molar-refractivity contribution in [2.75, 3.05) is 24.7 Å². The molecule has 1 aromatic carbocycles. The number of nitrogens with zero attached hydrogens (tertiary/aromatic N) is 5. The molecule has 2 fully saturated rings. The average molecular weight is 613 g/mol. The van der Waals surface area contributed by atoms with Gasteiger partial charge in [-0.05, 0) is 77.1 Å². The number of carbonyl (C=O) groups is 1. The molecular weight excluding hydrogens is 572 g/mol. The topological polar surface area (TPSA) is 108 Å². The highest BCUT2D eigenvalue weighted by molar-refractivity contribution is 7.91. The Hall–Kier alpha value is -2.82. The number of rotatable bonds is 10. The summed E-state index contributed by atoms with van der Waals surface area (Å²) in [5.74, 6) is 1.06. The Morgan fingerprint density at radius 1 is 1.14 bits per heavy atom. The van der Waals surface area contributed by atoms with E-state index in [9.17, 15) is 13.2 Å². The molecule has 226 valence electrons. The Labute approximate surface area is 254 Å². The van der Waals surface area contributed by atoms with E-state index in [0.29, 0.717) is 58.0 Å². The molecule has 0 bridgehead atoms. The number of anilines is 1. The number of likely N-dealkylation sites (tertiary alicyclic amines) is 1. The number of hydrogen-bond acceptors (Lipinski definition) is 8. The maximum absolute atomic E-state index is 13.9. The molecule has 0 spiro atoms. The number of pyridine rings is 1. The van der Waals surface area contributed by atoms with Gasteiger partial charge < -0.3 is 15.1 Å². The first-order chi connectivity index (χ1) is 20.1. The van der Waals surface area contributed by atoms with E-state index >= 15 is 0 Å². The zero-order valence-electron chi connectivity index (χ0n) is 24.8. The minimum absolute atomic E-state index is 0.0171. The molecule has 2 aromatic heterocycles. The van der Waals surface area contributed by atoms with Crippen molar-refractivity contribution in [2.24, 2.45) is 5.92 Å². The molecule has 1 aliphatic carbocycles. The fourth-order valence-electron chi connectivity index (χ4n) is 6.42. The normalized spacial score (nSPS) is 23.3. The number of fused-ring (bicyclic) bond motifs is 1. The van der Waals surface area contributed by atoms with Crippen LogP contribution in [0.15, 0.2) is 47.5 Å². The van der Waals surface area contributed by atoms with E-state index in [-0.39, 0.29) is 29.7 Å². The molecule has 3 heterocycles. The number of carbonyl (C=O) groups excluding carboxylic acids is 1. The van der Waals surface area contributed by atoms with Gasteiger partial charge in [-0.25, -0.2) is 23.4 Å². The van der Waals surface area contributed by atoms with Gasteiger partial charge in [0.05, 0.1) is 21.1 Å². The number of amides is 1. The Balaban J connectivity index is 1.39. The quantitative estimate of drug-likeness (QED) is 0.341. The van der Waals surface area contributed by atoms with Crippen LogP contribution in [0.2, 0.25) is 5.02 Å². The molecule has 9 nitrogen and oxygen atoms in total. The van der Waals surface area contributed by atoms with Crippen molar-refractivity contribution in [1.29, 1.82) is 0 Å². The summed E-state index contributed by atoms with van der Waals surface area (Å²) in [6, 6.07) is 10.4. The lowest BCUT2D eigenvalue weighted by atomic mass is 9.81. The smallest absolute Gasteiger partial charge is 0.245 e. The van der Waals surface area contributed by atoms with E-state index in [1.807, 2.05) is 11.0 Å². The van der Waals surface area contributed by atoms with E-state index in [1.54, 1.807) is 36.5 Å². The second kappa shape index (κ2) is 12.8. The highest BCUT2D eigenvalue weighted by atomic mass is 35.5. The van der Waals surface area contributed by atoms with Gasteiger partial charge in [-0.1, -0.05) is 36.7 Å². The first-order valence-corrected chi connectivity index (χ1v) is 17.0. The van der Waals surface area contributed by atoms with Crippen LogP contribution < -0.4 is 5.32 Å². The Morgan fingerprint density at radius 3 is 2.62 bits per heavy atom. The number of aromatic nitrogens is 3. The number of halogens is 1. The highest BCUT2D eigenvalue weighted by Gasteiger charge is 2.44. The van der Waals surface area contributed by atoms with Crippen LogP contribution in [0.3, 0.4) is 0 Å². The van der Waals surface area contributed by atoms with E-state index < -0.39 is 15.9 Å². The predicted molar refractivity (Wildman–Crippen MR) is 166 cm³/mol. The van der Waals surface area contributed by atoms with Gasteiger partial charge in [0.15, 0.2) is 15.5 Å². The Kier molecular flexibility index (Phi) is 9.34. The van der Waals surface area contributed by atoms with E-state index in [0.717, 1.165) is 25.7 Å². The third kappa shape index (κ3) is 6.55. The van der Waals surface area contributed by atoms with Crippen LogP contribution in [-0.4, -0.2) is 82.6 Å². The highest BCUT2D eigenvalue weighted by Crippen LogP contribution is 2.36. The van der Waals surface area contributed by atoms with Crippen LogP contribution in [0.5, 0.6) is 0 Å². The maximum atomic E-state index is 13.9. The molecule has 11 heteroatoms. The average Bonchev–Trinajstić information content (AvgIpc) is 3.32. The largest absolute Gasteiger partial charge is 0.358 e. The molecule has 42 heavy (non-hydrogen) atoms. The molecule has 2 aliphatic rings. The first-order valence-electron chi connectivity index (χ1n) is 15.0. The molecule has 3 aromatic rings. The third-order valence-electron chi connectivity index (χ3n) is 8.83. The van der Waals surface area contributed by atoms with Gasteiger partial charge in [0.2, 0.25) is 5.91 Å². The molecule has 1 saturated heterocycles. The first kappa shape index (κ1) is 30.6. The number of benzene rings is 1. The molecule has 4 atom stereocenters. The second-order valence-electron chi connectivity index (χ2n) is 11.9. The molecule has 5 rings (SSSR count). The van der Waals surface area contributed by atoms with E-state index in [1.165, 1.54) is 0 Å². The number of hydrogen-bond donors (Lipinski definition) is 1. The summed E-state index contributed by atoms with van der Waals surface area (Å²) in [5.41, 5.74) is 0.543. The van der Waals surface area contributed by atoms with Crippen molar-refractivity contribution in [2.45, 2.75) is 88.4 Å². The van der Waals surface area contributed by atoms with Gasteiger partial charge in [-0.15, -0.1) is 0 Å². The van der Waals surface area contributed by atoms with Crippen LogP contribution in [0, 0.1) is 5.92 Å². The van der Waals surface area contributed by atoms with Gasteiger partial charge in [-0.2, -0.15) is 0 Å². The van der Waals surface area contributed by atoms with Crippen LogP contribution >= 0.6 is 11.6 Å². The fraction of sp³-hybridized carbons (Fsp3) is 0.548. The number of aryl methyl sites for hydroxylation is 1. The SMILES string of the molecule is CCCc1nc(N[C@H]2CCN([C@H]3CC[C@@H](N(C)C(C)C)C[C@H]3CS(=O)(=O)c3ccccc3)C2=O)c2cc(Cl)cnc2n1. The summed E-state index contributed by atoms with van der Waals surface area (Å²) >= 11 is 6.25. The molecule has 0 unspecified atom stereocenters. The lowest BCUT2D eigenvalue weighted by Crippen LogP contribution is -2.52. The zero-order valence-corrected chi connectivity index (χ0v) is 26.4. The molecule has 1 aliphatic heterocycles. The minimum atomic E-state index is -3.52. The fourth-order valence-corrected chi connectivity index (χ4v) is 8.26. The predicted octanol–water partition coefficient (Wildman–Crippen LogP) is 4.99. The summed E-state index contributed by atoms with van der Waals surface area (Å²) in [5, 5.41) is 4.54. The Bertz CT molecular complexity index is 1520. The summed E-state index contributed by atoms with van der Waals surface area (Å²) in [6.07, 6.45) is 6.17. The third-order valence-corrected chi connectivity index (χ3v) is 10.9. The summed E-state index contributed by atoms with van der Waals surface area (Å²) in [6.45, 7) is 6.95. The van der Waals surface area contributed by atoms with Crippen LogP contribution in [0.4, 0.5) is 5.82 Å². The lowest BCUT2D eigenvalue weighted by Gasteiger charge is -2.44. The minimum Gasteiger partial charge on any atom is -0.358 e. The van der Waals surface area contributed by atoms with Crippen molar-refractivity contribution >= 4 is 44.2 Å². The van der Waals surface area contributed by atoms with Crippen LogP contribution in [-0.2, 0) is 21.1 Å². The van der Waals surface area contributed by atoms with Gasteiger partial charge >= 0.3 is 0 Å². The van der Waals surface area contributed by atoms with Gasteiger partial charge in [-0.3, -0.25) is 4.79 Å². The standard InChI is InChI=1S/C31H41ClN6O3S/c1-5-9-28-35-29-25(17-22(32)18-33-29)30(36-28)34-26-14-15-38(31(26)39)27-13-12-23(37(4)20(2)3)16-21(27)19-42(40,41)24-10-7-6-8-11-24/h6-8,10-11,17-18,20-21,23,26-27H,5,9,12-16,19H2,1-4H3,(H,33,34,35,36)/t21-,23+,26-,27-/m0/s1. The summed E-state index contributed by atoms with van der Waals surface area (Å²) in [7, 11) is -1.41. The summed E-state index contributed by atoms with van der Waals surface area (Å²) < 4.78 is 27.1. The second-order valence-corrected chi connectivity index (χ2v) is 14.4. The molecule has 1 N–H and O–H groups in total. The van der Waals surface area contributed by atoms with Gasteiger partial charge in [0, 0.05) is 37.3 Å². The van der Waals surface area contributed by atoms with Crippen molar-refractivity contribution in [3.63, 3.8) is 0 Å². The molecule has 0 radical (unpaired) electrons. The molecule has 1 saturated carbocycles. The molecular formula is C31H41ClN6O3S. The summed E-state index contributed by atoms with van der Waals surface area (Å²) in [4.78, 5) is 32.2. The van der Waals surface area contributed by atoms with Crippen molar-refractivity contribution in [3.05, 3.63) is 53.4 Å². The van der Waals surface area contributed by atoms with Crippen LogP contribution in [0.1, 0.15) is 58.7 Å². The number of nitrogens with one attached hydrogen (secondary N) is 1. The number of sulfone groups is 1. The Morgan fingerprint density at radius 2 is 1.90 bits per heavy atom.